The molecule has 1 aromatic heterocycles. The minimum atomic E-state index is 0. The molecule has 0 N–H and O–H groups in total. The van der Waals surface area contributed by atoms with E-state index in [1.54, 1.807) is 23.1 Å². The van der Waals surface area contributed by atoms with E-state index in [1.807, 2.05) is 43.3 Å². The van der Waals surface area contributed by atoms with Crippen LogP contribution in [0.4, 0.5) is 5.13 Å². The van der Waals surface area contributed by atoms with Gasteiger partial charge in [-0.15, -0.1) is 24.2 Å². The van der Waals surface area contributed by atoms with Gasteiger partial charge in [0.1, 0.15) is 0 Å². The van der Waals surface area contributed by atoms with E-state index in [0.29, 0.717) is 13.0 Å². The first-order chi connectivity index (χ1) is 13.8. The predicted octanol–water partition coefficient (Wildman–Crippen LogP) is 6.07. The summed E-state index contributed by atoms with van der Waals surface area (Å²) in [6.07, 6.45) is 0.467. The van der Waals surface area contributed by atoms with Crippen molar-refractivity contribution in [1.82, 2.24) is 9.88 Å². The van der Waals surface area contributed by atoms with Crippen LogP contribution in [-0.2, 0) is 4.79 Å². The van der Waals surface area contributed by atoms with Crippen molar-refractivity contribution in [3.8, 4) is 0 Å². The maximum atomic E-state index is 13.1. The van der Waals surface area contributed by atoms with Crippen LogP contribution in [-0.4, -0.2) is 48.7 Å². The maximum Gasteiger partial charge on any atom is 0.229 e. The van der Waals surface area contributed by atoms with Crippen LogP contribution in [0, 0.1) is 13.8 Å². The Hall–Kier alpha value is -1.31. The first kappa shape index (κ1) is 25.0. The zero-order valence-corrected chi connectivity index (χ0v) is 20.9. The standard InChI is InChI=1S/C22H26ClN3OS2.ClH/c1-15-5-10-19-21(16(15)2)24-22(29-19)26(13-12-25(3)4)20(27)11-14-28-18-8-6-17(23)7-9-18;/h5-10H,11-14H2,1-4H3;1H. The molecule has 1 heterocycles. The molecule has 162 valence electrons. The molecule has 0 fully saturated rings. The van der Waals surface area contributed by atoms with Gasteiger partial charge in [-0.25, -0.2) is 4.98 Å². The van der Waals surface area contributed by atoms with Crippen molar-refractivity contribution in [2.45, 2.75) is 25.2 Å². The Labute approximate surface area is 198 Å². The number of carbonyl (C=O) groups is 1. The normalized spacial score (nSPS) is 11.0. The molecule has 0 atom stereocenters. The fourth-order valence-electron chi connectivity index (χ4n) is 2.88. The van der Waals surface area contributed by atoms with Crippen LogP contribution in [0.5, 0.6) is 0 Å². The molecule has 30 heavy (non-hydrogen) atoms. The van der Waals surface area contributed by atoms with Crippen LogP contribution in [0.15, 0.2) is 41.3 Å². The van der Waals surface area contributed by atoms with E-state index in [4.69, 9.17) is 16.6 Å². The third-order valence-corrected chi connectivity index (χ3v) is 7.08. The zero-order chi connectivity index (χ0) is 21.0. The van der Waals surface area contributed by atoms with Crippen LogP contribution in [0.3, 0.4) is 0 Å². The molecular weight excluding hydrogens is 457 g/mol. The number of nitrogens with zero attached hydrogens (tertiary/aromatic N) is 3. The van der Waals surface area contributed by atoms with E-state index in [2.05, 4.69) is 30.9 Å². The largest absolute Gasteiger partial charge is 0.308 e. The summed E-state index contributed by atoms with van der Waals surface area (Å²) in [5.41, 5.74) is 3.41. The Morgan fingerprint density at radius 3 is 2.47 bits per heavy atom. The average Bonchev–Trinajstić information content (AvgIpc) is 3.11. The molecule has 0 aliphatic carbocycles. The van der Waals surface area contributed by atoms with Gasteiger partial charge < -0.3 is 4.90 Å². The van der Waals surface area contributed by atoms with Gasteiger partial charge in [-0.1, -0.05) is 29.0 Å². The number of hydrogen-bond donors (Lipinski definition) is 0. The molecule has 0 radical (unpaired) electrons. The lowest BCUT2D eigenvalue weighted by Gasteiger charge is -2.22. The van der Waals surface area contributed by atoms with E-state index in [0.717, 1.165) is 37.6 Å². The van der Waals surface area contributed by atoms with Gasteiger partial charge >= 0.3 is 0 Å². The summed E-state index contributed by atoms with van der Waals surface area (Å²) in [4.78, 5) is 23.0. The molecule has 3 aromatic rings. The molecule has 0 aliphatic rings. The molecule has 0 unspecified atom stereocenters. The number of fused-ring (bicyclic) bond motifs is 1. The molecule has 0 aliphatic heterocycles. The lowest BCUT2D eigenvalue weighted by atomic mass is 10.1. The van der Waals surface area contributed by atoms with Crippen molar-refractivity contribution < 1.29 is 4.79 Å². The highest BCUT2D eigenvalue weighted by molar-refractivity contribution is 7.99. The van der Waals surface area contributed by atoms with Crippen molar-refractivity contribution in [3.05, 3.63) is 52.5 Å². The summed E-state index contributed by atoms with van der Waals surface area (Å²) in [6.45, 7) is 5.62. The molecule has 0 saturated carbocycles. The van der Waals surface area contributed by atoms with E-state index < -0.39 is 0 Å². The van der Waals surface area contributed by atoms with E-state index in [1.165, 1.54) is 11.1 Å². The summed E-state index contributed by atoms with van der Waals surface area (Å²) in [6, 6.07) is 11.9. The molecule has 2 aromatic carbocycles. The Bertz CT molecular complexity index is 990. The number of benzene rings is 2. The lowest BCUT2D eigenvalue weighted by Crippen LogP contribution is -2.36. The number of amides is 1. The first-order valence-corrected chi connectivity index (χ1v) is 11.7. The highest BCUT2D eigenvalue weighted by Gasteiger charge is 2.20. The number of aromatic nitrogens is 1. The zero-order valence-electron chi connectivity index (χ0n) is 17.6. The van der Waals surface area contributed by atoms with Crippen LogP contribution in [0.25, 0.3) is 10.2 Å². The van der Waals surface area contributed by atoms with Gasteiger partial charge in [-0.3, -0.25) is 9.69 Å². The highest BCUT2D eigenvalue weighted by Crippen LogP contribution is 2.32. The summed E-state index contributed by atoms with van der Waals surface area (Å²) < 4.78 is 1.13. The summed E-state index contributed by atoms with van der Waals surface area (Å²) >= 11 is 9.20. The van der Waals surface area contributed by atoms with Crippen LogP contribution < -0.4 is 4.90 Å². The number of carbonyl (C=O) groups excluding carboxylic acids is 1. The second kappa shape index (κ2) is 11.3. The maximum absolute atomic E-state index is 13.1. The van der Waals surface area contributed by atoms with Crippen molar-refractivity contribution in [3.63, 3.8) is 0 Å². The number of rotatable bonds is 8. The molecule has 0 saturated heterocycles. The molecule has 1 amide bonds. The highest BCUT2D eigenvalue weighted by atomic mass is 35.5. The minimum absolute atomic E-state index is 0. The average molecular weight is 485 g/mol. The molecule has 8 heteroatoms. The van der Waals surface area contributed by atoms with Gasteiger partial charge in [-0.05, 0) is 69.4 Å². The number of aryl methyl sites for hydroxylation is 2. The van der Waals surface area contributed by atoms with E-state index in [9.17, 15) is 4.79 Å². The molecule has 0 spiro atoms. The Kier molecular flexibility index (Phi) is 9.44. The van der Waals surface area contributed by atoms with Crippen LogP contribution in [0.1, 0.15) is 17.5 Å². The number of likely N-dealkylation sites (N-methyl/N-ethyl adjacent to an activating group) is 1. The number of anilines is 1. The van der Waals surface area contributed by atoms with Crippen LogP contribution in [0.2, 0.25) is 5.02 Å². The van der Waals surface area contributed by atoms with Gasteiger partial charge in [0.2, 0.25) is 5.91 Å². The van der Waals surface area contributed by atoms with Crippen molar-refractivity contribution >= 4 is 68.4 Å². The first-order valence-electron chi connectivity index (χ1n) is 9.55. The van der Waals surface area contributed by atoms with Crippen molar-refractivity contribution in [2.75, 3.05) is 37.8 Å². The van der Waals surface area contributed by atoms with Gasteiger partial charge in [0.15, 0.2) is 5.13 Å². The minimum Gasteiger partial charge on any atom is -0.308 e. The fourth-order valence-corrected chi connectivity index (χ4v) is 4.91. The van der Waals surface area contributed by atoms with Gasteiger partial charge in [0, 0.05) is 35.2 Å². The van der Waals surface area contributed by atoms with Gasteiger partial charge in [0.05, 0.1) is 10.2 Å². The number of thioether (sulfide) groups is 1. The number of halogens is 2. The third-order valence-electron chi connectivity index (χ3n) is 4.77. The number of thiazole rings is 1. The molecule has 3 rings (SSSR count). The summed E-state index contributed by atoms with van der Waals surface area (Å²) in [5.74, 6) is 0.837. The van der Waals surface area contributed by atoms with Gasteiger partial charge in [-0.2, -0.15) is 0 Å². The second-order valence-electron chi connectivity index (χ2n) is 7.25. The Morgan fingerprint density at radius 2 is 1.80 bits per heavy atom. The van der Waals surface area contributed by atoms with Crippen LogP contribution >= 0.6 is 47.1 Å². The smallest absolute Gasteiger partial charge is 0.229 e. The van der Waals surface area contributed by atoms with Crippen molar-refractivity contribution in [2.24, 2.45) is 0 Å². The quantitative estimate of drug-likeness (QED) is 0.364. The molecule has 4 nitrogen and oxygen atoms in total. The van der Waals surface area contributed by atoms with Crippen molar-refractivity contribution in [1.29, 1.82) is 0 Å². The SMILES string of the molecule is Cc1ccc2sc(N(CCN(C)C)C(=O)CCSc3ccc(Cl)cc3)nc2c1C.Cl. The Balaban J connectivity index is 0.00000320. The third kappa shape index (κ3) is 6.34. The predicted molar refractivity (Wildman–Crippen MR) is 134 cm³/mol. The lowest BCUT2D eigenvalue weighted by molar-refractivity contribution is -0.118. The number of hydrogen-bond acceptors (Lipinski definition) is 5. The summed E-state index contributed by atoms with van der Waals surface area (Å²) in [5, 5.41) is 1.51. The monoisotopic (exact) mass is 483 g/mol. The van der Waals surface area contributed by atoms with E-state index in [-0.39, 0.29) is 18.3 Å². The molecule has 0 bridgehead atoms. The topological polar surface area (TPSA) is 36.4 Å². The fraction of sp³-hybridized carbons (Fsp3) is 0.364. The Morgan fingerprint density at radius 1 is 1.10 bits per heavy atom. The van der Waals surface area contributed by atoms with E-state index >= 15 is 0 Å². The molecular formula is C22H27Cl2N3OS2. The van der Waals surface area contributed by atoms with Gasteiger partial charge in [0.25, 0.3) is 0 Å². The summed E-state index contributed by atoms with van der Waals surface area (Å²) in [7, 11) is 4.04. The second-order valence-corrected chi connectivity index (χ2v) is 9.87.